The molecule has 1 aromatic carbocycles. The van der Waals surface area contributed by atoms with Crippen LogP contribution in [0.3, 0.4) is 0 Å². The molecule has 0 aliphatic heterocycles. The molecule has 0 saturated heterocycles. The number of hydrogen-bond acceptors (Lipinski definition) is 3. The predicted molar refractivity (Wildman–Crippen MR) is 70.7 cm³/mol. The number of aliphatic hydroxyl groups is 1. The van der Waals surface area contributed by atoms with Gasteiger partial charge in [-0.2, -0.15) is 18.2 Å². The number of nitrogens with zero attached hydrogens (tertiary/aromatic N) is 1. The number of rotatable bonds is 1. The molecule has 0 saturated carbocycles. The van der Waals surface area contributed by atoms with E-state index >= 15 is 0 Å². The summed E-state index contributed by atoms with van der Waals surface area (Å²) in [6.07, 6.45) is -4.93. The molecule has 0 bridgehead atoms. The highest BCUT2D eigenvalue weighted by Gasteiger charge is 2.53. The molecule has 1 heterocycles. The van der Waals surface area contributed by atoms with E-state index in [9.17, 15) is 23.1 Å². The van der Waals surface area contributed by atoms with E-state index in [0.29, 0.717) is 6.92 Å². The average molecular weight is 384 g/mol. The number of nitrogens with one attached hydrogen (secondary N) is 1. The SMILES string of the molecule is CC(O)(c1nc(=O)c2cc(I)ccc2[nH]1)C(F)(F)F. The van der Waals surface area contributed by atoms with Crippen molar-refractivity contribution in [3.63, 3.8) is 0 Å². The van der Waals surface area contributed by atoms with Crippen LogP contribution in [0.2, 0.25) is 0 Å². The zero-order valence-corrected chi connectivity index (χ0v) is 11.7. The molecule has 0 amide bonds. The Morgan fingerprint density at radius 2 is 2.00 bits per heavy atom. The van der Waals surface area contributed by atoms with Crippen molar-refractivity contribution in [1.82, 2.24) is 9.97 Å². The number of hydrogen-bond donors (Lipinski definition) is 2. The zero-order chi connectivity index (χ0) is 14.4. The van der Waals surface area contributed by atoms with Gasteiger partial charge in [-0.1, -0.05) is 0 Å². The molecule has 1 unspecified atom stereocenters. The molecule has 8 heteroatoms. The summed E-state index contributed by atoms with van der Waals surface area (Å²) in [5.74, 6) is -0.821. The van der Waals surface area contributed by atoms with Gasteiger partial charge < -0.3 is 10.1 Å². The second-order valence-electron chi connectivity index (χ2n) is 4.15. The maximum Gasteiger partial charge on any atom is 0.424 e. The van der Waals surface area contributed by atoms with E-state index in [0.717, 1.165) is 3.57 Å². The Morgan fingerprint density at radius 1 is 1.37 bits per heavy atom. The summed E-state index contributed by atoms with van der Waals surface area (Å²) in [7, 11) is 0. The van der Waals surface area contributed by atoms with Crippen molar-refractivity contribution in [2.75, 3.05) is 0 Å². The van der Waals surface area contributed by atoms with Crippen LogP contribution in [0, 0.1) is 3.57 Å². The second-order valence-corrected chi connectivity index (χ2v) is 5.40. The summed E-state index contributed by atoms with van der Waals surface area (Å²) >= 11 is 1.97. The molecule has 1 aromatic heterocycles. The monoisotopic (exact) mass is 384 g/mol. The molecule has 2 rings (SSSR count). The fourth-order valence-electron chi connectivity index (χ4n) is 1.48. The van der Waals surface area contributed by atoms with E-state index in [2.05, 4.69) is 9.97 Å². The quantitative estimate of drug-likeness (QED) is 0.742. The van der Waals surface area contributed by atoms with E-state index < -0.39 is 23.2 Å². The van der Waals surface area contributed by atoms with E-state index in [4.69, 9.17) is 0 Å². The van der Waals surface area contributed by atoms with Gasteiger partial charge in [-0.05, 0) is 47.7 Å². The minimum atomic E-state index is -4.93. The Labute approximate surface area is 118 Å². The van der Waals surface area contributed by atoms with Crippen LogP contribution in [-0.4, -0.2) is 21.3 Å². The summed E-state index contributed by atoms with van der Waals surface area (Å²) in [4.78, 5) is 17.4. The summed E-state index contributed by atoms with van der Waals surface area (Å²) in [5, 5.41) is 9.68. The van der Waals surface area contributed by atoms with Crippen molar-refractivity contribution >= 4 is 33.5 Å². The average Bonchev–Trinajstić information content (AvgIpc) is 2.28. The van der Waals surface area contributed by atoms with Crippen LogP contribution in [0.4, 0.5) is 13.2 Å². The van der Waals surface area contributed by atoms with Crippen molar-refractivity contribution in [3.8, 4) is 0 Å². The van der Waals surface area contributed by atoms with Crippen molar-refractivity contribution < 1.29 is 18.3 Å². The standard InChI is InChI=1S/C11H8F3IN2O2/c1-10(19,11(12,13)14)9-16-7-3-2-5(15)4-6(7)8(18)17-9/h2-4,19H,1H3,(H,16,17,18). The Hall–Kier alpha value is -1.16. The van der Waals surface area contributed by atoms with Crippen molar-refractivity contribution in [2.24, 2.45) is 0 Å². The molecule has 2 N–H and O–H groups in total. The van der Waals surface area contributed by atoms with Gasteiger partial charge in [0.25, 0.3) is 5.56 Å². The first kappa shape index (κ1) is 14.3. The molecule has 0 aliphatic rings. The molecule has 0 spiro atoms. The molecule has 102 valence electrons. The summed E-state index contributed by atoms with van der Waals surface area (Å²) in [5.41, 5.74) is -3.82. The minimum Gasteiger partial charge on any atom is -0.374 e. The van der Waals surface area contributed by atoms with E-state index in [-0.39, 0.29) is 10.9 Å². The van der Waals surface area contributed by atoms with Crippen molar-refractivity contribution in [1.29, 1.82) is 0 Å². The smallest absolute Gasteiger partial charge is 0.374 e. The Morgan fingerprint density at radius 3 is 2.58 bits per heavy atom. The van der Waals surface area contributed by atoms with Crippen LogP contribution in [0.15, 0.2) is 23.0 Å². The first-order valence-electron chi connectivity index (χ1n) is 5.12. The summed E-state index contributed by atoms with van der Waals surface area (Å²) in [6.45, 7) is 0.545. The van der Waals surface area contributed by atoms with Gasteiger partial charge in [0.15, 0.2) is 5.82 Å². The molecular weight excluding hydrogens is 376 g/mol. The van der Waals surface area contributed by atoms with E-state index in [1.807, 2.05) is 22.6 Å². The Kier molecular flexibility index (Phi) is 3.33. The molecule has 2 aromatic rings. The van der Waals surface area contributed by atoms with Gasteiger partial charge in [-0.25, -0.2) is 0 Å². The molecule has 0 fully saturated rings. The number of halogens is 4. The molecule has 0 radical (unpaired) electrons. The number of fused-ring (bicyclic) bond motifs is 1. The Balaban J connectivity index is 2.72. The molecule has 19 heavy (non-hydrogen) atoms. The van der Waals surface area contributed by atoms with Gasteiger partial charge in [-0.15, -0.1) is 0 Å². The van der Waals surface area contributed by atoms with Gasteiger partial charge >= 0.3 is 6.18 Å². The van der Waals surface area contributed by atoms with Crippen LogP contribution >= 0.6 is 22.6 Å². The lowest BCUT2D eigenvalue weighted by atomic mass is 10.1. The minimum absolute atomic E-state index is 0.175. The number of aromatic nitrogens is 2. The summed E-state index contributed by atoms with van der Waals surface area (Å²) in [6, 6.07) is 4.61. The first-order chi connectivity index (χ1) is 8.63. The molecular formula is C11H8F3IN2O2. The highest BCUT2D eigenvalue weighted by atomic mass is 127. The Bertz CT molecular complexity index is 694. The lowest BCUT2D eigenvalue weighted by molar-refractivity contribution is -0.261. The topological polar surface area (TPSA) is 66.0 Å². The predicted octanol–water partition coefficient (Wildman–Crippen LogP) is 2.30. The second kappa shape index (κ2) is 4.44. The van der Waals surface area contributed by atoms with Crippen LogP contribution in [-0.2, 0) is 5.60 Å². The third kappa shape index (κ3) is 2.46. The third-order valence-corrected chi connectivity index (χ3v) is 3.36. The number of benzene rings is 1. The summed E-state index contributed by atoms with van der Waals surface area (Å²) < 4.78 is 38.9. The molecule has 1 atom stereocenters. The molecule has 4 nitrogen and oxygen atoms in total. The fourth-order valence-corrected chi connectivity index (χ4v) is 1.98. The first-order valence-corrected chi connectivity index (χ1v) is 6.20. The van der Waals surface area contributed by atoms with Gasteiger partial charge in [0.1, 0.15) is 0 Å². The number of H-pyrrole nitrogens is 1. The van der Waals surface area contributed by atoms with Crippen molar-refractivity contribution in [2.45, 2.75) is 18.7 Å². The number of alkyl halides is 3. The zero-order valence-electron chi connectivity index (χ0n) is 9.55. The largest absolute Gasteiger partial charge is 0.424 e. The van der Waals surface area contributed by atoms with Gasteiger partial charge in [0.2, 0.25) is 5.60 Å². The lowest BCUT2D eigenvalue weighted by Gasteiger charge is -2.25. The van der Waals surface area contributed by atoms with Gasteiger partial charge in [0.05, 0.1) is 10.9 Å². The highest BCUT2D eigenvalue weighted by molar-refractivity contribution is 14.1. The van der Waals surface area contributed by atoms with E-state index in [1.54, 1.807) is 6.07 Å². The maximum atomic E-state index is 12.7. The highest BCUT2D eigenvalue weighted by Crippen LogP contribution is 2.36. The van der Waals surface area contributed by atoms with Crippen LogP contribution in [0.5, 0.6) is 0 Å². The van der Waals surface area contributed by atoms with Gasteiger partial charge in [-0.3, -0.25) is 4.79 Å². The van der Waals surface area contributed by atoms with Crippen molar-refractivity contribution in [3.05, 3.63) is 37.9 Å². The third-order valence-electron chi connectivity index (χ3n) is 2.69. The van der Waals surface area contributed by atoms with E-state index in [1.165, 1.54) is 12.1 Å². The molecule has 0 aliphatic carbocycles. The van der Waals surface area contributed by atoms with Crippen LogP contribution in [0.1, 0.15) is 12.7 Å². The maximum absolute atomic E-state index is 12.7. The van der Waals surface area contributed by atoms with Crippen LogP contribution in [0.25, 0.3) is 10.9 Å². The fraction of sp³-hybridized carbons (Fsp3) is 0.273. The van der Waals surface area contributed by atoms with Crippen LogP contribution < -0.4 is 5.56 Å². The van der Waals surface area contributed by atoms with Gasteiger partial charge in [0, 0.05) is 3.57 Å². The normalized spacial score (nSPS) is 15.5. The lowest BCUT2D eigenvalue weighted by Crippen LogP contribution is -2.42. The number of aromatic amines is 1.